The normalized spacial score (nSPS) is 10.4. The zero-order valence-electron chi connectivity index (χ0n) is 15.3. The minimum Gasteiger partial charge on any atom is -0.380 e. The van der Waals surface area contributed by atoms with E-state index in [4.69, 9.17) is 4.74 Å². The SMILES string of the molecule is CNc1cc(CNC(=O)c2ccc(COC)cc2)nc(-c2ccncc2)n1. The molecule has 0 unspecified atom stereocenters. The number of nitrogens with zero attached hydrogens (tertiary/aromatic N) is 3. The number of anilines is 1. The lowest BCUT2D eigenvalue weighted by Gasteiger charge is -2.09. The Morgan fingerprint density at radius 1 is 1.07 bits per heavy atom. The first-order valence-corrected chi connectivity index (χ1v) is 8.52. The molecule has 0 aliphatic rings. The molecule has 27 heavy (non-hydrogen) atoms. The Balaban J connectivity index is 1.72. The summed E-state index contributed by atoms with van der Waals surface area (Å²) in [5, 5.41) is 5.92. The molecule has 138 valence electrons. The van der Waals surface area contributed by atoms with Crippen molar-refractivity contribution in [2.24, 2.45) is 0 Å². The number of aromatic nitrogens is 3. The van der Waals surface area contributed by atoms with Crippen molar-refractivity contribution in [3.05, 3.63) is 71.7 Å². The molecule has 0 radical (unpaired) electrons. The van der Waals surface area contributed by atoms with Gasteiger partial charge < -0.3 is 15.4 Å². The lowest BCUT2D eigenvalue weighted by Crippen LogP contribution is -2.23. The van der Waals surface area contributed by atoms with E-state index in [-0.39, 0.29) is 5.91 Å². The van der Waals surface area contributed by atoms with Crippen LogP contribution in [0.5, 0.6) is 0 Å². The zero-order chi connectivity index (χ0) is 19.1. The largest absolute Gasteiger partial charge is 0.380 e. The summed E-state index contributed by atoms with van der Waals surface area (Å²) in [6.07, 6.45) is 3.39. The molecule has 0 atom stereocenters. The van der Waals surface area contributed by atoms with Gasteiger partial charge in [-0.2, -0.15) is 0 Å². The van der Waals surface area contributed by atoms with Crippen molar-refractivity contribution in [2.45, 2.75) is 13.2 Å². The molecule has 0 saturated carbocycles. The molecule has 7 heteroatoms. The highest BCUT2D eigenvalue weighted by atomic mass is 16.5. The molecule has 0 aliphatic heterocycles. The molecule has 0 fully saturated rings. The van der Waals surface area contributed by atoms with E-state index in [0.717, 1.165) is 11.1 Å². The van der Waals surface area contributed by atoms with E-state index in [1.807, 2.05) is 30.3 Å². The lowest BCUT2D eigenvalue weighted by atomic mass is 10.1. The third kappa shape index (κ3) is 4.86. The summed E-state index contributed by atoms with van der Waals surface area (Å²) >= 11 is 0. The highest BCUT2D eigenvalue weighted by Crippen LogP contribution is 2.17. The van der Waals surface area contributed by atoms with Crippen LogP contribution in [0, 0.1) is 0 Å². The fraction of sp³-hybridized carbons (Fsp3) is 0.200. The summed E-state index contributed by atoms with van der Waals surface area (Å²) < 4.78 is 5.08. The van der Waals surface area contributed by atoms with Crippen molar-refractivity contribution >= 4 is 11.7 Å². The van der Waals surface area contributed by atoms with Gasteiger partial charge in [-0.15, -0.1) is 0 Å². The van der Waals surface area contributed by atoms with Crippen molar-refractivity contribution in [3.8, 4) is 11.4 Å². The Kier molecular flexibility index (Phi) is 6.06. The van der Waals surface area contributed by atoms with Crippen LogP contribution >= 0.6 is 0 Å². The van der Waals surface area contributed by atoms with Crippen LogP contribution in [0.4, 0.5) is 5.82 Å². The van der Waals surface area contributed by atoms with Crippen molar-refractivity contribution in [2.75, 3.05) is 19.5 Å². The molecular weight excluding hydrogens is 342 g/mol. The summed E-state index contributed by atoms with van der Waals surface area (Å²) in [5.41, 5.74) is 3.19. The average Bonchev–Trinajstić information content (AvgIpc) is 2.73. The fourth-order valence-corrected chi connectivity index (χ4v) is 2.54. The van der Waals surface area contributed by atoms with Crippen LogP contribution in [0.1, 0.15) is 21.6 Å². The first kappa shape index (κ1) is 18.5. The Morgan fingerprint density at radius 3 is 2.48 bits per heavy atom. The maximum Gasteiger partial charge on any atom is 0.251 e. The topological polar surface area (TPSA) is 89.0 Å². The Hall–Kier alpha value is -3.32. The smallest absolute Gasteiger partial charge is 0.251 e. The summed E-state index contributed by atoms with van der Waals surface area (Å²) in [7, 11) is 3.44. The first-order valence-electron chi connectivity index (χ1n) is 8.52. The van der Waals surface area contributed by atoms with Crippen LogP contribution in [-0.4, -0.2) is 35.0 Å². The first-order chi connectivity index (χ1) is 13.2. The molecule has 0 spiro atoms. The molecule has 0 saturated heterocycles. The fourth-order valence-electron chi connectivity index (χ4n) is 2.54. The van der Waals surface area contributed by atoms with Crippen LogP contribution in [0.2, 0.25) is 0 Å². The third-order valence-electron chi connectivity index (χ3n) is 3.93. The predicted molar refractivity (Wildman–Crippen MR) is 103 cm³/mol. The van der Waals surface area contributed by atoms with E-state index >= 15 is 0 Å². The van der Waals surface area contributed by atoms with Crippen molar-refractivity contribution in [1.29, 1.82) is 0 Å². The Morgan fingerprint density at radius 2 is 1.81 bits per heavy atom. The second-order valence-corrected chi connectivity index (χ2v) is 5.87. The molecule has 3 rings (SSSR count). The standard InChI is InChI=1S/C20H21N5O2/c1-21-18-11-17(24-19(25-18)15-7-9-22-10-8-15)12-23-20(26)16-5-3-14(4-6-16)13-27-2/h3-11H,12-13H2,1-2H3,(H,23,26)(H,21,24,25). The minimum absolute atomic E-state index is 0.158. The second-order valence-electron chi connectivity index (χ2n) is 5.87. The van der Waals surface area contributed by atoms with Crippen molar-refractivity contribution in [3.63, 3.8) is 0 Å². The Bertz CT molecular complexity index is 898. The number of benzene rings is 1. The van der Waals surface area contributed by atoms with E-state index < -0.39 is 0 Å². The number of rotatable bonds is 7. The van der Waals surface area contributed by atoms with Crippen LogP contribution in [0.3, 0.4) is 0 Å². The van der Waals surface area contributed by atoms with Gasteiger partial charge in [0.05, 0.1) is 18.8 Å². The van der Waals surface area contributed by atoms with Crippen LogP contribution < -0.4 is 10.6 Å². The van der Waals surface area contributed by atoms with Gasteiger partial charge in [-0.05, 0) is 29.8 Å². The number of pyridine rings is 1. The number of hydrogen-bond acceptors (Lipinski definition) is 6. The van der Waals surface area contributed by atoms with Gasteiger partial charge in [-0.3, -0.25) is 9.78 Å². The number of nitrogens with one attached hydrogen (secondary N) is 2. The van der Waals surface area contributed by atoms with Gasteiger partial charge in [-0.1, -0.05) is 12.1 Å². The highest BCUT2D eigenvalue weighted by Gasteiger charge is 2.09. The molecular formula is C20H21N5O2. The highest BCUT2D eigenvalue weighted by molar-refractivity contribution is 5.94. The molecule has 0 bridgehead atoms. The van der Waals surface area contributed by atoms with Crippen molar-refractivity contribution < 1.29 is 9.53 Å². The number of carbonyl (C=O) groups is 1. The number of methoxy groups -OCH3 is 1. The monoisotopic (exact) mass is 363 g/mol. The molecule has 0 aliphatic carbocycles. The molecule has 1 aromatic carbocycles. The minimum atomic E-state index is -0.158. The summed E-state index contributed by atoms with van der Waals surface area (Å²) in [6, 6.07) is 12.8. The Labute approximate surface area is 157 Å². The van der Waals surface area contributed by atoms with Crippen molar-refractivity contribution in [1.82, 2.24) is 20.3 Å². The van der Waals surface area contributed by atoms with E-state index in [0.29, 0.717) is 36.1 Å². The quantitative estimate of drug-likeness (QED) is 0.671. The van der Waals surface area contributed by atoms with Gasteiger partial charge >= 0.3 is 0 Å². The van der Waals surface area contributed by atoms with Crippen LogP contribution in [-0.2, 0) is 17.9 Å². The summed E-state index contributed by atoms with van der Waals surface area (Å²) in [6.45, 7) is 0.821. The van der Waals surface area contributed by atoms with Gasteiger partial charge in [0.2, 0.25) is 0 Å². The number of ether oxygens (including phenoxy) is 1. The van der Waals surface area contributed by atoms with Crippen LogP contribution in [0.15, 0.2) is 54.9 Å². The third-order valence-corrected chi connectivity index (χ3v) is 3.93. The summed E-state index contributed by atoms with van der Waals surface area (Å²) in [5.74, 6) is 1.11. The van der Waals surface area contributed by atoms with Gasteiger partial charge in [0.25, 0.3) is 5.91 Å². The molecule has 3 aromatic rings. The maximum absolute atomic E-state index is 12.4. The predicted octanol–water partition coefficient (Wildman–Crippen LogP) is 2.66. The van der Waals surface area contributed by atoms with Gasteiger partial charge in [0, 0.05) is 43.7 Å². The molecule has 1 amide bonds. The summed E-state index contributed by atoms with van der Waals surface area (Å²) in [4.78, 5) is 25.4. The van der Waals surface area contributed by atoms with E-state index in [9.17, 15) is 4.79 Å². The zero-order valence-corrected chi connectivity index (χ0v) is 15.3. The lowest BCUT2D eigenvalue weighted by molar-refractivity contribution is 0.0950. The average molecular weight is 363 g/mol. The van der Waals surface area contributed by atoms with E-state index in [2.05, 4.69) is 25.6 Å². The van der Waals surface area contributed by atoms with Gasteiger partial charge in [-0.25, -0.2) is 9.97 Å². The molecule has 2 N–H and O–H groups in total. The van der Waals surface area contributed by atoms with E-state index in [1.54, 1.807) is 38.7 Å². The van der Waals surface area contributed by atoms with E-state index in [1.165, 1.54) is 0 Å². The number of carbonyl (C=O) groups excluding carboxylic acids is 1. The van der Waals surface area contributed by atoms with Gasteiger partial charge in [0.15, 0.2) is 5.82 Å². The number of amides is 1. The number of hydrogen-bond donors (Lipinski definition) is 2. The molecule has 2 heterocycles. The maximum atomic E-state index is 12.4. The molecule has 2 aromatic heterocycles. The van der Waals surface area contributed by atoms with Crippen LogP contribution in [0.25, 0.3) is 11.4 Å². The second kappa shape index (κ2) is 8.86. The molecule has 7 nitrogen and oxygen atoms in total. The van der Waals surface area contributed by atoms with Gasteiger partial charge in [0.1, 0.15) is 5.82 Å².